The van der Waals surface area contributed by atoms with Gasteiger partial charge in [-0.25, -0.2) is 12.8 Å². The molecule has 0 aliphatic rings. The van der Waals surface area contributed by atoms with Crippen molar-refractivity contribution in [3.63, 3.8) is 0 Å². The SMILES string of the molecule is CCC(C)N(CC)S(=O)(=O)c1c(C)cc(F)c(N)c1C. The third kappa shape index (κ3) is 2.81. The number of hydrogen-bond donors (Lipinski definition) is 1. The van der Waals surface area contributed by atoms with Crippen molar-refractivity contribution in [2.75, 3.05) is 12.3 Å². The fraction of sp³-hybridized carbons (Fsp3) is 0.571. The van der Waals surface area contributed by atoms with Gasteiger partial charge in [-0.05, 0) is 44.4 Å². The summed E-state index contributed by atoms with van der Waals surface area (Å²) in [5.41, 5.74) is 6.20. The molecule has 0 bridgehead atoms. The predicted molar refractivity (Wildman–Crippen MR) is 79.6 cm³/mol. The number of hydrogen-bond acceptors (Lipinski definition) is 3. The molecule has 114 valence electrons. The van der Waals surface area contributed by atoms with E-state index < -0.39 is 15.8 Å². The van der Waals surface area contributed by atoms with E-state index in [9.17, 15) is 12.8 Å². The van der Waals surface area contributed by atoms with Crippen LogP contribution in [0.3, 0.4) is 0 Å². The molecule has 1 atom stereocenters. The summed E-state index contributed by atoms with van der Waals surface area (Å²) >= 11 is 0. The second-order valence-electron chi connectivity index (χ2n) is 5.01. The second-order valence-corrected chi connectivity index (χ2v) is 6.84. The van der Waals surface area contributed by atoms with Crippen LogP contribution in [-0.4, -0.2) is 25.3 Å². The van der Waals surface area contributed by atoms with Crippen LogP contribution in [0.1, 0.15) is 38.3 Å². The zero-order valence-corrected chi connectivity index (χ0v) is 13.5. The Morgan fingerprint density at radius 2 is 1.90 bits per heavy atom. The van der Waals surface area contributed by atoms with Crippen molar-refractivity contribution < 1.29 is 12.8 Å². The Labute approximate surface area is 120 Å². The molecular weight excluding hydrogens is 279 g/mol. The summed E-state index contributed by atoms with van der Waals surface area (Å²) in [6, 6.07) is 1.06. The number of anilines is 1. The molecule has 1 rings (SSSR count). The van der Waals surface area contributed by atoms with Gasteiger partial charge in [-0.3, -0.25) is 0 Å². The normalized spacial score (nSPS) is 13.8. The zero-order chi connectivity index (χ0) is 15.7. The largest absolute Gasteiger partial charge is 0.396 e. The Morgan fingerprint density at radius 3 is 2.35 bits per heavy atom. The minimum absolute atomic E-state index is 0.102. The third-order valence-electron chi connectivity index (χ3n) is 3.66. The summed E-state index contributed by atoms with van der Waals surface area (Å²) in [5.74, 6) is -0.578. The van der Waals surface area contributed by atoms with Crippen LogP contribution in [0.15, 0.2) is 11.0 Å². The molecule has 0 aliphatic carbocycles. The molecule has 0 spiro atoms. The number of nitrogens with two attached hydrogens (primary N) is 1. The summed E-state index contributed by atoms with van der Waals surface area (Å²) in [5, 5.41) is 0. The van der Waals surface area contributed by atoms with Crippen molar-refractivity contribution in [3.8, 4) is 0 Å². The van der Waals surface area contributed by atoms with Crippen LogP contribution in [0.25, 0.3) is 0 Å². The maximum absolute atomic E-state index is 13.6. The smallest absolute Gasteiger partial charge is 0.243 e. The molecule has 0 aromatic heterocycles. The summed E-state index contributed by atoms with van der Waals surface area (Å²) in [4.78, 5) is 0.124. The van der Waals surface area contributed by atoms with E-state index >= 15 is 0 Å². The molecule has 6 heteroatoms. The van der Waals surface area contributed by atoms with Gasteiger partial charge in [0.25, 0.3) is 0 Å². The Morgan fingerprint density at radius 1 is 1.35 bits per heavy atom. The lowest BCUT2D eigenvalue weighted by molar-refractivity contribution is 0.342. The molecular formula is C14H23FN2O2S. The average Bonchev–Trinajstić information content (AvgIpc) is 2.35. The minimum atomic E-state index is -3.68. The summed E-state index contributed by atoms with van der Waals surface area (Å²) in [6.45, 7) is 9.09. The molecule has 1 aromatic rings. The Hall–Kier alpha value is -1.14. The summed E-state index contributed by atoms with van der Waals surface area (Å²) in [7, 11) is -3.68. The van der Waals surface area contributed by atoms with Crippen LogP contribution >= 0.6 is 0 Å². The van der Waals surface area contributed by atoms with Gasteiger partial charge >= 0.3 is 0 Å². The Kier molecular flexibility index (Phi) is 5.15. The van der Waals surface area contributed by atoms with Crippen molar-refractivity contribution in [3.05, 3.63) is 23.0 Å². The predicted octanol–water partition coefficient (Wildman–Crippen LogP) is 2.83. The monoisotopic (exact) mass is 302 g/mol. The summed E-state index contributed by atoms with van der Waals surface area (Å²) in [6.07, 6.45) is 0.710. The van der Waals surface area contributed by atoms with Gasteiger partial charge in [0.2, 0.25) is 10.0 Å². The highest BCUT2D eigenvalue weighted by Crippen LogP contribution is 2.30. The lowest BCUT2D eigenvalue weighted by Gasteiger charge is -2.28. The van der Waals surface area contributed by atoms with Crippen molar-refractivity contribution in [2.45, 2.75) is 52.0 Å². The highest BCUT2D eigenvalue weighted by atomic mass is 32.2. The van der Waals surface area contributed by atoms with Crippen LogP contribution in [0.5, 0.6) is 0 Å². The van der Waals surface area contributed by atoms with Gasteiger partial charge in [-0.1, -0.05) is 13.8 Å². The van der Waals surface area contributed by atoms with E-state index in [4.69, 9.17) is 5.73 Å². The molecule has 0 radical (unpaired) electrons. The Balaban J connectivity index is 3.54. The van der Waals surface area contributed by atoms with Gasteiger partial charge in [-0.15, -0.1) is 0 Å². The number of sulfonamides is 1. The maximum Gasteiger partial charge on any atom is 0.243 e. The van der Waals surface area contributed by atoms with E-state index in [2.05, 4.69) is 0 Å². The van der Waals surface area contributed by atoms with Gasteiger partial charge in [0.1, 0.15) is 5.82 Å². The Bertz CT molecular complexity index is 600. The van der Waals surface area contributed by atoms with E-state index in [1.807, 2.05) is 13.8 Å². The maximum atomic E-state index is 13.6. The van der Waals surface area contributed by atoms with Gasteiger partial charge in [0.05, 0.1) is 10.6 Å². The number of aryl methyl sites for hydroxylation is 1. The molecule has 20 heavy (non-hydrogen) atoms. The van der Waals surface area contributed by atoms with Crippen molar-refractivity contribution in [2.24, 2.45) is 0 Å². The average molecular weight is 302 g/mol. The fourth-order valence-corrected chi connectivity index (χ4v) is 4.53. The van der Waals surface area contributed by atoms with E-state index in [0.29, 0.717) is 18.5 Å². The highest BCUT2D eigenvalue weighted by Gasteiger charge is 2.31. The molecule has 0 aliphatic heterocycles. The van der Waals surface area contributed by atoms with Gasteiger partial charge in [-0.2, -0.15) is 4.31 Å². The summed E-state index contributed by atoms with van der Waals surface area (Å²) < 4.78 is 40.6. The molecule has 0 fully saturated rings. The molecule has 0 saturated carbocycles. The quantitative estimate of drug-likeness (QED) is 0.851. The fourth-order valence-electron chi connectivity index (χ4n) is 2.37. The topological polar surface area (TPSA) is 63.4 Å². The zero-order valence-electron chi connectivity index (χ0n) is 12.7. The van der Waals surface area contributed by atoms with Crippen molar-refractivity contribution >= 4 is 15.7 Å². The van der Waals surface area contributed by atoms with Crippen LogP contribution in [0.2, 0.25) is 0 Å². The van der Waals surface area contributed by atoms with Gasteiger partial charge in [0.15, 0.2) is 0 Å². The van der Waals surface area contributed by atoms with Crippen molar-refractivity contribution in [1.29, 1.82) is 0 Å². The first-order valence-electron chi connectivity index (χ1n) is 6.75. The standard InChI is InChI=1S/C14H23FN2O2S/c1-6-10(4)17(7-2)20(18,19)14-9(3)8-12(15)13(16)11(14)5/h8,10H,6-7,16H2,1-5H3. The van der Waals surface area contributed by atoms with Crippen LogP contribution in [-0.2, 0) is 10.0 Å². The van der Waals surface area contributed by atoms with E-state index in [1.165, 1.54) is 10.4 Å². The number of nitrogen functional groups attached to an aromatic ring is 1. The molecule has 0 amide bonds. The second kappa shape index (κ2) is 6.10. The number of benzene rings is 1. The molecule has 0 heterocycles. The number of halogens is 1. The van der Waals surface area contributed by atoms with Crippen LogP contribution in [0, 0.1) is 19.7 Å². The lowest BCUT2D eigenvalue weighted by Crippen LogP contribution is -2.38. The number of nitrogens with zero attached hydrogens (tertiary/aromatic N) is 1. The van der Waals surface area contributed by atoms with Crippen LogP contribution in [0.4, 0.5) is 10.1 Å². The lowest BCUT2D eigenvalue weighted by atomic mass is 10.1. The first-order valence-corrected chi connectivity index (χ1v) is 8.19. The highest BCUT2D eigenvalue weighted by molar-refractivity contribution is 7.89. The number of rotatable bonds is 5. The third-order valence-corrected chi connectivity index (χ3v) is 6.04. The first kappa shape index (κ1) is 16.9. The molecule has 1 unspecified atom stereocenters. The van der Waals surface area contributed by atoms with E-state index in [0.717, 1.165) is 0 Å². The molecule has 0 saturated heterocycles. The van der Waals surface area contributed by atoms with E-state index in [-0.39, 0.29) is 22.2 Å². The van der Waals surface area contributed by atoms with Crippen LogP contribution < -0.4 is 5.73 Å². The van der Waals surface area contributed by atoms with Crippen molar-refractivity contribution in [1.82, 2.24) is 4.31 Å². The minimum Gasteiger partial charge on any atom is -0.396 e. The van der Waals surface area contributed by atoms with Gasteiger partial charge in [0, 0.05) is 12.6 Å². The van der Waals surface area contributed by atoms with E-state index in [1.54, 1.807) is 20.8 Å². The molecule has 4 nitrogen and oxygen atoms in total. The van der Waals surface area contributed by atoms with Gasteiger partial charge < -0.3 is 5.73 Å². The first-order chi connectivity index (χ1) is 9.18. The molecule has 1 aromatic carbocycles. The molecule has 2 N–H and O–H groups in total.